The first-order valence-corrected chi connectivity index (χ1v) is 17.7. The number of aromatic hydroxyl groups is 1. The van der Waals surface area contributed by atoms with Gasteiger partial charge in [-0.25, -0.2) is 7.05 Å². The molecule has 0 aromatic heterocycles. The minimum Gasteiger partial charge on any atom is -0.807 e. The number of aryl methyl sites for hydroxylation is 3. The maximum atomic E-state index is 11.1. The van der Waals surface area contributed by atoms with Crippen LogP contribution in [0.2, 0.25) is 0 Å². The molecule has 0 saturated carbocycles. The van der Waals surface area contributed by atoms with Gasteiger partial charge in [0.2, 0.25) is 5.75 Å². The molecule has 0 aliphatic heterocycles. The predicted octanol–water partition coefficient (Wildman–Crippen LogP) is 13.7. The van der Waals surface area contributed by atoms with Crippen molar-refractivity contribution in [2.45, 2.75) is 98.6 Å². The Morgan fingerprint density at radius 2 is 0.936 bits per heavy atom. The van der Waals surface area contributed by atoms with Crippen molar-refractivity contribution in [2.24, 2.45) is 0 Å². The quantitative estimate of drug-likeness (QED) is 0.0856. The van der Waals surface area contributed by atoms with Gasteiger partial charge < -0.3 is 15.2 Å². The molecule has 4 aromatic rings. The number of nitrogens with zero attached hydrogens (tertiary/aromatic N) is 2. The van der Waals surface area contributed by atoms with Crippen LogP contribution in [0.25, 0.3) is 10.5 Å². The summed E-state index contributed by atoms with van der Waals surface area (Å²) in [4.78, 5) is 0. The topological polar surface area (TPSA) is 49.2 Å². The van der Waals surface area contributed by atoms with E-state index in [9.17, 15) is 5.16 Å². The van der Waals surface area contributed by atoms with Crippen molar-refractivity contribution in [1.82, 2.24) is 0 Å². The average Bonchev–Trinajstić information content (AvgIpc) is 2.95. The van der Waals surface area contributed by atoms with Gasteiger partial charge >= 0.3 is 0 Å². The summed E-state index contributed by atoms with van der Waals surface area (Å²) in [6.07, 6.45) is 0. The number of hydrogen-bond donors (Lipinski definition) is 0. The van der Waals surface area contributed by atoms with Crippen molar-refractivity contribution in [2.75, 3.05) is 7.11 Å². The second-order valence-electron chi connectivity index (χ2n) is 14.7. The second kappa shape index (κ2) is 19.4. The Balaban J connectivity index is 0.000000644. The van der Waals surface area contributed by atoms with Gasteiger partial charge in [0.15, 0.2) is 7.11 Å². The maximum Gasteiger partial charge on any atom is 0.239 e. The van der Waals surface area contributed by atoms with Crippen LogP contribution < -0.4 is 0 Å². The first kappa shape index (κ1) is 44.3. The van der Waals surface area contributed by atoms with Crippen molar-refractivity contribution in [3.8, 4) is 5.75 Å². The summed E-state index contributed by atoms with van der Waals surface area (Å²) in [5.74, 6) is 0.928. The minimum absolute atomic E-state index is 0. The van der Waals surface area contributed by atoms with Gasteiger partial charge in [0.25, 0.3) is 0 Å². The van der Waals surface area contributed by atoms with Gasteiger partial charge in [-0.15, -0.1) is 30.0 Å². The van der Waals surface area contributed by atoms with Crippen LogP contribution in [-0.2, 0) is 25.8 Å². The zero-order valence-corrected chi connectivity index (χ0v) is 35.9. The molecule has 47 heavy (non-hydrogen) atoms. The molecule has 0 aliphatic carbocycles. The van der Waals surface area contributed by atoms with E-state index in [1.807, 2.05) is 84.9 Å². The molecule has 0 fully saturated rings. The zero-order chi connectivity index (χ0) is 35.3. The van der Waals surface area contributed by atoms with Gasteiger partial charge in [-0.3, -0.25) is 0 Å². The van der Waals surface area contributed by atoms with Crippen LogP contribution in [0.3, 0.4) is 0 Å². The Labute approximate surface area is 308 Å². The molecule has 0 heterocycles. The Hall–Kier alpha value is -2.68. The van der Waals surface area contributed by atoms with Crippen LogP contribution in [0.1, 0.15) is 90.1 Å². The summed E-state index contributed by atoms with van der Waals surface area (Å²) in [5.41, 5.74) is 7.81. The van der Waals surface area contributed by atoms with Crippen LogP contribution >= 0.6 is 7.05 Å². The molecule has 0 amide bonds. The van der Waals surface area contributed by atoms with Crippen molar-refractivity contribution in [3.05, 3.63) is 149 Å². The van der Waals surface area contributed by atoms with Crippen molar-refractivity contribution in [1.29, 1.82) is 0 Å². The molecular weight excluding hydrogens is 758 g/mol. The zero-order valence-electron chi connectivity index (χ0n) is 31.4. The summed E-state index contributed by atoms with van der Waals surface area (Å²) >= 11 is 0. The van der Waals surface area contributed by atoms with Gasteiger partial charge in [0.1, 0.15) is 0 Å². The number of benzene rings is 4. The molecule has 5 heteroatoms. The van der Waals surface area contributed by atoms with E-state index in [0.29, 0.717) is 0 Å². The molecule has 0 aliphatic rings. The van der Waals surface area contributed by atoms with E-state index in [-0.39, 0.29) is 41.3 Å². The fourth-order valence-corrected chi connectivity index (χ4v) is 12.2. The molecule has 1 N–H and O–H groups in total. The SMILES string of the molecule is CC(C)(C)P(=[N-])(C(C)(C)C)C(C)(C)C.C[OH+]c1ccccc1[N-]c1c(C)cc(C)cc1C.[CH2-]c1ccccc1.[CH2-]c1ccccc1.[Hf]. The first-order valence-electron chi connectivity index (χ1n) is 16.0. The molecule has 0 spiro atoms. The molecule has 0 radical (unpaired) electrons. The van der Waals surface area contributed by atoms with Crippen molar-refractivity contribution >= 4 is 18.4 Å². The fraction of sp³-hybridized carbons (Fsp3) is 0.381. The van der Waals surface area contributed by atoms with Crippen LogP contribution in [0.4, 0.5) is 11.4 Å². The largest absolute Gasteiger partial charge is 0.807 e. The molecule has 0 bridgehead atoms. The van der Waals surface area contributed by atoms with Crippen molar-refractivity contribution < 1.29 is 30.6 Å². The summed E-state index contributed by atoms with van der Waals surface area (Å²) in [6.45, 7) is 33.2. The number of para-hydroxylation sites is 2. The first-order chi connectivity index (χ1) is 21.2. The van der Waals surface area contributed by atoms with E-state index in [1.165, 1.54) is 16.7 Å². The summed E-state index contributed by atoms with van der Waals surface area (Å²) < 4.78 is 4.25. The van der Waals surface area contributed by atoms with Gasteiger partial charge in [-0.1, -0.05) is 121 Å². The second-order valence-corrected chi connectivity index (χ2v) is 20.0. The minimum atomic E-state index is -2.02. The van der Waals surface area contributed by atoms with E-state index in [1.54, 1.807) is 7.11 Å². The van der Waals surface area contributed by atoms with E-state index >= 15 is 0 Å². The summed E-state index contributed by atoms with van der Waals surface area (Å²) in [6, 6.07) is 32.0. The van der Waals surface area contributed by atoms with Gasteiger partial charge in [0, 0.05) is 31.9 Å². The van der Waals surface area contributed by atoms with E-state index in [0.717, 1.165) is 28.3 Å². The van der Waals surface area contributed by atoms with Crippen LogP contribution in [-0.4, -0.2) is 27.3 Å². The Morgan fingerprint density at radius 1 is 0.596 bits per heavy atom. The van der Waals surface area contributed by atoms with Crippen LogP contribution in [0, 0.1) is 34.6 Å². The number of ether oxygens (including phenoxy) is 1. The molecule has 0 atom stereocenters. The van der Waals surface area contributed by atoms with Gasteiger partial charge in [-0.05, 0) is 41.9 Å². The van der Waals surface area contributed by atoms with E-state index in [4.69, 9.17) is 5.32 Å². The molecule has 3 nitrogen and oxygen atoms in total. The molecule has 256 valence electrons. The molecule has 4 rings (SSSR count). The fourth-order valence-electron chi connectivity index (χ4n) is 6.19. The Kier molecular flexibility index (Phi) is 18.2. The third kappa shape index (κ3) is 13.8. The predicted molar refractivity (Wildman–Crippen MR) is 209 cm³/mol. The third-order valence-corrected chi connectivity index (χ3v) is 13.4. The van der Waals surface area contributed by atoms with Crippen LogP contribution in [0.5, 0.6) is 5.75 Å². The van der Waals surface area contributed by atoms with Gasteiger partial charge in [-0.2, -0.15) is 49.2 Å². The smallest absolute Gasteiger partial charge is 0.239 e. The Morgan fingerprint density at radius 3 is 1.21 bits per heavy atom. The molecular formula is C42H60HfN2OP-3. The van der Waals surface area contributed by atoms with E-state index < -0.39 is 7.05 Å². The van der Waals surface area contributed by atoms with Crippen molar-refractivity contribution in [3.63, 3.8) is 0 Å². The number of rotatable bonds is 3. The standard InChI is InChI=1S/C16H18NO.C12H27NP.2C7H7.Hf/c1-11-9-12(2)16(13(3)10-11)17-14-7-5-6-8-15(14)18-4;1-10(2,3)14(13,11(4,5)6)12(7,8)9;2*1-7-5-3-2-4-6-7;/h5-10H,1-4H3;1-9H3;2*2-6H,1H2;/q4*-1;/p+1. The normalized spacial score (nSPS) is 11.2. The van der Waals surface area contributed by atoms with E-state index in [2.05, 4.69) is 114 Å². The van der Waals surface area contributed by atoms with Crippen LogP contribution in [0.15, 0.2) is 97.1 Å². The average molecular weight is 818 g/mol. The molecule has 4 aromatic carbocycles. The summed E-state index contributed by atoms with van der Waals surface area (Å²) in [7, 11) is -0.226. The number of hydrogen-bond acceptors (Lipinski definition) is 0. The monoisotopic (exact) mass is 819 g/mol. The Bertz CT molecular complexity index is 1410. The molecule has 0 saturated heterocycles. The van der Waals surface area contributed by atoms with Gasteiger partial charge in [0.05, 0.1) is 0 Å². The summed E-state index contributed by atoms with van der Waals surface area (Å²) in [5, 5.41) is 15.9. The number of aliphatic hydroxyl groups is 1. The third-order valence-electron chi connectivity index (χ3n) is 7.59. The molecule has 0 unspecified atom stereocenters. The maximum absolute atomic E-state index is 11.1.